The summed E-state index contributed by atoms with van der Waals surface area (Å²) in [6.07, 6.45) is 6.36. The topological polar surface area (TPSA) is 51.7 Å². The van der Waals surface area contributed by atoms with Gasteiger partial charge >= 0.3 is 0 Å². The number of likely N-dealkylation sites (tertiary alicyclic amines) is 1. The van der Waals surface area contributed by atoms with Crippen LogP contribution in [0.1, 0.15) is 28.8 Å². The fraction of sp³-hybridized carbons (Fsp3) is 0.400. The second kappa shape index (κ2) is 8.01. The molecule has 0 bridgehead atoms. The first-order chi connectivity index (χ1) is 12.2. The highest BCUT2D eigenvalue weighted by atomic mass is 16.5. The van der Waals surface area contributed by atoms with Crippen molar-refractivity contribution >= 4 is 5.91 Å². The van der Waals surface area contributed by atoms with E-state index in [1.807, 2.05) is 17.0 Å². The fourth-order valence-electron chi connectivity index (χ4n) is 3.36. The largest absolute Gasteiger partial charge is 0.493 e. The Morgan fingerprint density at radius 1 is 1.08 bits per heavy atom. The highest BCUT2D eigenvalue weighted by Gasteiger charge is 2.24. The summed E-state index contributed by atoms with van der Waals surface area (Å²) in [4.78, 5) is 18.4. The molecule has 132 valence electrons. The predicted molar refractivity (Wildman–Crippen MR) is 96.1 cm³/mol. The zero-order valence-electron chi connectivity index (χ0n) is 14.8. The van der Waals surface area contributed by atoms with E-state index in [4.69, 9.17) is 9.47 Å². The Morgan fingerprint density at radius 2 is 1.76 bits per heavy atom. The van der Waals surface area contributed by atoms with Crippen molar-refractivity contribution in [2.45, 2.75) is 19.3 Å². The van der Waals surface area contributed by atoms with E-state index in [9.17, 15) is 4.79 Å². The number of hydrogen-bond donors (Lipinski definition) is 0. The van der Waals surface area contributed by atoms with Crippen LogP contribution in [0.5, 0.6) is 11.5 Å². The fourth-order valence-corrected chi connectivity index (χ4v) is 3.36. The average Bonchev–Trinajstić information content (AvgIpc) is 2.68. The molecule has 0 saturated carbocycles. The average molecular weight is 340 g/mol. The number of methoxy groups -OCH3 is 2. The Kier molecular flexibility index (Phi) is 5.53. The first-order valence-corrected chi connectivity index (χ1v) is 8.61. The highest BCUT2D eigenvalue weighted by molar-refractivity contribution is 5.94. The normalized spacial score (nSPS) is 15.0. The number of aromatic nitrogens is 1. The molecule has 1 amide bonds. The molecule has 1 fully saturated rings. The molecule has 1 aliphatic rings. The molecule has 1 aliphatic heterocycles. The maximum Gasteiger partial charge on any atom is 0.253 e. The van der Waals surface area contributed by atoms with E-state index in [1.54, 1.807) is 38.7 Å². The number of piperidine rings is 1. The molecule has 1 aromatic heterocycles. The van der Waals surface area contributed by atoms with Crippen LogP contribution in [0.4, 0.5) is 0 Å². The second-order valence-electron chi connectivity index (χ2n) is 6.36. The summed E-state index contributed by atoms with van der Waals surface area (Å²) in [7, 11) is 3.30. The minimum Gasteiger partial charge on any atom is -0.493 e. The monoisotopic (exact) mass is 340 g/mol. The smallest absolute Gasteiger partial charge is 0.253 e. The number of nitrogens with zero attached hydrogens (tertiary/aromatic N) is 2. The van der Waals surface area contributed by atoms with Crippen LogP contribution in [0.25, 0.3) is 0 Å². The standard InChI is InChI=1S/C20H24N2O3/c1-24-18-4-3-16(14-19(18)25-2)13-15-7-11-22(12-8-15)20(23)17-5-9-21-10-6-17/h3-6,9-10,14-15H,7-8,11-13H2,1-2H3. The minimum atomic E-state index is 0.104. The van der Waals surface area contributed by atoms with Crippen molar-refractivity contribution in [1.29, 1.82) is 0 Å². The molecule has 2 heterocycles. The van der Waals surface area contributed by atoms with Crippen molar-refractivity contribution in [3.05, 3.63) is 53.9 Å². The molecule has 2 aromatic rings. The van der Waals surface area contributed by atoms with Gasteiger partial charge in [0.2, 0.25) is 0 Å². The molecule has 0 radical (unpaired) electrons. The zero-order valence-corrected chi connectivity index (χ0v) is 14.8. The molecule has 0 atom stereocenters. The highest BCUT2D eigenvalue weighted by Crippen LogP contribution is 2.30. The number of ether oxygens (including phenoxy) is 2. The summed E-state index contributed by atoms with van der Waals surface area (Å²) in [5, 5.41) is 0. The summed E-state index contributed by atoms with van der Waals surface area (Å²) in [6.45, 7) is 1.61. The predicted octanol–water partition coefficient (Wildman–Crippen LogP) is 3.19. The Hall–Kier alpha value is -2.56. The molecule has 0 spiro atoms. The lowest BCUT2D eigenvalue weighted by molar-refractivity contribution is 0.0690. The minimum absolute atomic E-state index is 0.104. The summed E-state index contributed by atoms with van der Waals surface area (Å²) in [5.41, 5.74) is 1.96. The van der Waals surface area contributed by atoms with Gasteiger partial charge in [0, 0.05) is 31.0 Å². The first kappa shape index (κ1) is 17.3. The van der Waals surface area contributed by atoms with Crippen LogP contribution in [0, 0.1) is 5.92 Å². The van der Waals surface area contributed by atoms with Crippen molar-refractivity contribution in [1.82, 2.24) is 9.88 Å². The molecule has 0 aliphatic carbocycles. The Bertz CT molecular complexity index is 710. The van der Waals surface area contributed by atoms with E-state index < -0.39 is 0 Å². The summed E-state index contributed by atoms with van der Waals surface area (Å²) in [5.74, 6) is 2.21. The molecule has 5 nitrogen and oxygen atoms in total. The molecule has 5 heteroatoms. The van der Waals surface area contributed by atoms with Crippen LogP contribution < -0.4 is 9.47 Å². The van der Waals surface area contributed by atoms with E-state index >= 15 is 0 Å². The number of amides is 1. The van der Waals surface area contributed by atoms with Gasteiger partial charge in [-0.25, -0.2) is 0 Å². The van der Waals surface area contributed by atoms with E-state index in [0.29, 0.717) is 11.5 Å². The second-order valence-corrected chi connectivity index (χ2v) is 6.36. The molecule has 0 unspecified atom stereocenters. The van der Waals surface area contributed by atoms with Gasteiger partial charge in [-0.2, -0.15) is 0 Å². The van der Waals surface area contributed by atoms with Gasteiger partial charge in [0.15, 0.2) is 11.5 Å². The quantitative estimate of drug-likeness (QED) is 0.839. The lowest BCUT2D eigenvalue weighted by atomic mass is 9.90. The van der Waals surface area contributed by atoms with E-state index in [2.05, 4.69) is 11.1 Å². The molecular weight excluding hydrogens is 316 g/mol. The van der Waals surface area contributed by atoms with Crippen molar-refractivity contribution < 1.29 is 14.3 Å². The zero-order chi connectivity index (χ0) is 17.6. The van der Waals surface area contributed by atoms with E-state index in [0.717, 1.165) is 43.9 Å². The molecule has 1 aromatic carbocycles. The Balaban J connectivity index is 1.57. The van der Waals surface area contributed by atoms with Crippen LogP contribution >= 0.6 is 0 Å². The van der Waals surface area contributed by atoms with Gasteiger partial charge in [0.05, 0.1) is 14.2 Å². The number of rotatable bonds is 5. The van der Waals surface area contributed by atoms with Crippen LogP contribution in [0.3, 0.4) is 0 Å². The first-order valence-electron chi connectivity index (χ1n) is 8.61. The number of carbonyl (C=O) groups is 1. The Morgan fingerprint density at radius 3 is 2.40 bits per heavy atom. The molecular formula is C20H24N2O3. The third kappa shape index (κ3) is 4.10. The summed E-state index contributed by atoms with van der Waals surface area (Å²) in [6, 6.07) is 9.65. The molecule has 3 rings (SSSR count). The van der Waals surface area contributed by atoms with Crippen LogP contribution in [0.2, 0.25) is 0 Å². The summed E-state index contributed by atoms with van der Waals surface area (Å²) < 4.78 is 10.7. The number of carbonyl (C=O) groups excluding carboxylic acids is 1. The SMILES string of the molecule is COc1ccc(CC2CCN(C(=O)c3ccncc3)CC2)cc1OC. The van der Waals surface area contributed by atoms with Crippen molar-refractivity contribution in [3.8, 4) is 11.5 Å². The molecule has 25 heavy (non-hydrogen) atoms. The number of pyridine rings is 1. The lowest BCUT2D eigenvalue weighted by Gasteiger charge is -2.32. The van der Waals surface area contributed by atoms with E-state index in [-0.39, 0.29) is 5.91 Å². The van der Waals surface area contributed by atoms with Gasteiger partial charge < -0.3 is 14.4 Å². The van der Waals surface area contributed by atoms with Gasteiger partial charge in [-0.1, -0.05) is 6.07 Å². The third-order valence-electron chi connectivity index (χ3n) is 4.80. The third-order valence-corrected chi connectivity index (χ3v) is 4.80. The Labute approximate surface area is 148 Å². The van der Waals surface area contributed by atoms with Crippen LogP contribution in [-0.4, -0.2) is 43.1 Å². The van der Waals surface area contributed by atoms with Crippen molar-refractivity contribution in [2.24, 2.45) is 5.92 Å². The number of hydrogen-bond acceptors (Lipinski definition) is 4. The summed E-state index contributed by atoms with van der Waals surface area (Å²) >= 11 is 0. The van der Waals surface area contributed by atoms with Gasteiger partial charge in [0.1, 0.15) is 0 Å². The molecule has 0 N–H and O–H groups in total. The van der Waals surface area contributed by atoms with Gasteiger partial charge in [0.25, 0.3) is 5.91 Å². The maximum atomic E-state index is 12.5. The van der Waals surface area contributed by atoms with Crippen molar-refractivity contribution in [2.75, 3.05) is 27.3 Å². The van der Waals surface area contributed by atoms with Gasteiger partial charge in [-0.15, -0.1) is 0 Å². The number of benzene rings is 1. The van der Waals surface area contributed by atoms with Crippen LogP contribution in [-0.2, 0) is 6.42 Å². The lowest BCUT2D eigenvalue weighted by Crippen LogP contribution is -2.38. The maximum absolute atomic E-state index is 12.5. The molecule has 1 saturated heterocycles. The van der Waals surface area contributed by atoms with Crippen molar-refractivity contribution in [3.63, 3.8) is 0 Å². The van der Waals surface area contributed by atoms with E-state index in [1.165, 1.54) is 5.56 Å². The van der Waals surface area contributed by atoms with Gasteiger partial charge in [-0.3, -0.25) is 9.78 Å². The van der Waals surface area contributed by atoms with Crippen LogP contribution in [0.15, 0.2) is 42.7 Å². The van der Waals surface area contributed by atoms with Gasteiger partial charge in [-0.05, 0) is 55.0 Å².